The number of benzene rings is 1. The highest BCUT2D eigenvalue weighted by atomic mass is 19.1. The van der Waals surface area contributed by atoms with Crippen LogP contribution in [-0.4, -0.2) is 77.7 Å². The highest BCUT2D eigenvalue weighted by Crippen LogP contribution is 2.31. The summed E-state index contributed by atoms with van der Waals surface area (Å²) in [6, 6.07) is 7.71. The molecule has 0 aliphatic carbocycles. The topological polar surface area (TPSA) is 132 Å². The van der Waals surface area contributed by atoms with Gasteiger partial charge in [-0.25, -0.2) is 24.3 Å². The van der Waals surface area contributed by atoms with Gasteiger partial charge in [0.05, 0.1) is 29.9 Å². The number of aliphatic hydroxyl groups excluding tert-OH is 1. The van der Waals surface area contributed by atoms with Crippen LogP contribution in [0.4, 0.5) is 16.2 Å². The smallest absolute Gasteiger partial charge is 0.225 e. The Morgan fingerprint density at radius 3 is 2.38 bits per heavy atom. The normalized spacial score (nSPS) is 16.3. The number of H-pyrrole nitrogens is 1. The van der Waals surface area contributed by atoms with E-state index in [1.54, 1.807) is 48.7 Å². The lowest BCUT2D eigenvalue weighted by Gasteiger charge is -2.35. The Hall–Kier alpha value is -4.42. The summed E-state index contributed by atoms with van der Waals surface area (Å²) in [5.74, 6) is 1.09. The van der Waals surface area contributed by atoms with Crippen molar-refractivity contribution in [2.45, 2.75) is 25.5 Å². The molecule has 1 aliphatic heterocycles. The second kappa shape index (κ2) is 10.3. The average Bonchev–Trinajstić information content (AvgIpc) is 3.65. The molecule has 206 valence electrons. The molecule has 4 aromatic heterocycles. The first-order chi connectivity index (χ1) is 19.3. The Morgan fingerprint density at radius 1 is 0.975 bits per heavy atom. The zero-order valence-corrected chi connectivity index (χ0v) is 22.2. The zero-order chi connectivity index (χ0) is 27.9. The maximum absolute atomic E-state index is 13.3. The van der Waals surface area contributed by atoms with Crippen LogP contribution >= 0.6 is 0 Å². The van der Waals surface area contributed by atoms with Gasteiger partial charge in [-0.05, 0) is 37.6 Å². The van der Waals surface area contributed by atoms with Gasteiger partial charge >= 0.3 is 0 Å². The third-order valence-corrected chi connectivity index (χ3v) is 7.50. The van der Waals surface area contributed by atoms with Crippen LogP contribution in [0.3, 0.4) is 0 Å². The zero-order valence-electron chi connectivity index (χ0n) is 22.2. The van der Waals surface area contributed by atoms with Crippen molar-refractivity contribution >= 4 is 22.8 Å². The van der Waals surface area contributed by atoms with Gasteiger partial charge < -0.3 is 25.0 Å². The minimum Gasteiger partial charge on any atom is -0.394 e. The fourth-order valence-corrected chi connectivity index (χ4v) is 4.93. The molecule has 12 heteroatoms. The van der Waals surface area contributed by atoms with E-state index in [0.717, 1.165) is 41.2 Å². The second-order valence-electron chi connectivity index (χ2n) is 10.2. The Labute approximate surface area is 230 Å². The molecular weight excluding hydrogens is 513 g/mol. The Morgan fingerprint density at radius 2 is 1.68 bits per heavy atom. The van der Waals surface area contributed by atoms with Crippen molar-refractivity contribution in [2.75, 3.05) is 42.6 Å². The number of aromatic amines is 1. The Balaban J connectivity index is 1.16. The standard InChI is InChI=1S/C28H30FN9O2/c1-18(16-39)38-15-19(12-34-38)24-11-23-25(35-24)32-17-33-26(23)36-7-9-37(10-8-36)27-30-13-21(14-31-27)28(2,40)20-3-5-22(29)6-4-20/h3-6,11-15,17-18,39-40H,7-10,16H2,1-2H3,(H,32,33,35)/t18-,28-/m0/s1. The van der Waals surface area contributed by atoms with E-state index < -0.39 is 5.60 Å². The van der Waals surface area contributed by atoms with Crippen molar-refractivity contribution in [1.82, 2.24) is 34.7 Å². The van der Waals surface area contributed by atoms with Crippen molar-refractivity contribution in [3.8, 4) is 11.3 Å². The van der Waals surface area contributed by atoms with Gasteiger partial charge in [0.15, 0.2) is 0 Å². The third-order valence-electron chi connectivity index (χ3n) is 7.50. The van der Waals surface area contributed by atoms with Crippen molar-refractivity contribution in [2.24, 2.45) is 0 Å². The van der Waals surface area contributed by atoms with Crippen LogP contribution in [0, 0.1) is 5.82 Å². The maximum atomic E-state index is 13.3. The molecule has 1 aromatic carbocycles. The molecule has 0 saturated carbocycles. The fraction of sp³-hybridized carbons (Fsp3) is 0.321. The molecule has 1 fully saturated rings. The first-order valence-corrected chi connectivity index (χ1v) is 13.1. The highest BCUT2D eigenvalue weighted by Gasteiger charge is 2.28. The average molecular weight is 544 g/mol. The molecule has 0 spiro atoms. The number of anilines is 2. The van der Waals surface area contributed by atoms with Gasteiger partial charge in [-0.3, -0.25) is 4.68 Å². The molecular formula is C28H30FN9O2. The number of aliphatic hydroxyl groups is 2. The second-order valence-corrected chi connectivity index (χ2v) is 10.2. The van der Waals surface area contributed by atoms with E-state index in [1.165, 1.54) is 12.1 Å². The minimum atomic E-state index is -1.34. The van der Waals surface area contributed by atoms with Crippen molar-refractivity contribution in [3.63, 3.8) is 0 Å². The van der Waals surface area contributed by atoms with Crippen molar-refractivity contribution in [1.29, 1.82) is 0 Å². The number of aromatic nitrogens is 7. The SMILES string of the molecule is C[C@@H](CO)n1cc(-c2cc3c(N4CCN(c5ncc([C@@](C)(O)c6ccc(F)cc6)cn5)CC4)ncnc3[nH]2)cn1. The van der Waals surface area contributed by atoms with Gasteiger partial charge in [-0.15, -0.1) is 0 Å². The van der Waals surface area contributed by atoms with Crippen molar-refractivity contribution in [3.05, 3.63) is 78.4 Å². The van der Waals surface area contributed by atoms with Crippen LogP contribution in [0.5, 0.6) is 0 Å². The number of halogens is 1. The molecule has 1 aliphatic rings. The molecule has 5 aromatic rings. The van der Waals surface area contributed by atoms with Crippen LogP contribution in [-0.2, 0) is 5.60 Å². The highest BCUT2D eigenvalue weighted by molar-refractivity contribution is 5.91. The number of piperazine rings is 1. The number of fused-ring (bicyclic) bond motifs is 1. The number of hydrogen-bond acceptors (Lipinski definition) is 9. The van der Waals surface area contributed by atoms with E-state index in [9.17, 15) is 14.6 Å². The van der Waals surface area contributed by atoms with E-state index in [-0.39, 0.29) is 18.5 Å². The molecule has 1 saturated heterocycles. The molecule has 40 heavy (non-hydrogen) atoms. The lowest BCUT2D eigenvalue weighted by Crippen LogP contribution is -2.47. The van der Waals surface area contributed by atoms with Crippen LogP contribution in [0.2, 0.25) is 0 Å². The van der Waals surface area contributed by atoms with Crippen LogP contribution in [0.15, 0.2) is 61.4 Å². The predicted octanol–water partition coefficient (Wildman–Crippen LogP) is 2.89. The van der Waals surface area contributed by atoms with Crippen molar-refractivity contribution < 1.29 is 14.6 Å². The summed E-state index contributed by atoms with van der Waals surface area (Å²) >= 11 is 0. The van der Waals surface area contributed by atoms with E-state index in [4.69, 9.17) is 0 Å². The molecule has 0 amide bonds. The monoisotopic (exact) mass is 543 g/mol. The summed E-state index contributed by atoms with van der Waals surface area (Å²) in [4.78, 5) is 25.8. The van der Waals surface area contributed by atoms with Crippen LogP contribution in [0.1, 0.15) is 31.0 Å². The summed E-state index contributed by atoms with van der Waals surface area (Å²) in [5, 5.41) is 25.8. The summed E-state index contributed by atoms with van der Waals surface area (Å²) in [7, 11) is 0. The van der Waals surface area contributed by atoms with Gasteiger partial charge in [0, 0.05) is 55.9 Å². The fourth-order valence-electron chi connectivity index (χ4n) is 4.93. The molecule has 0 radical (unpaired) electrons. The quantitative estimate of drug-likeness (QED) is 0.283. The van der Waals surface area contributed by atoms with E-state index in [0.29, 0.717) is 30.2 Å². The van der Waals surface area contributed by atoms with E-state index >= 15 is 0 Å². The lowest BCUT2D eigenvalue weighted by molar-refractivity contribution is 0.101. The van der Waals surface area contributed by atoms with Gasteiger partial charge in [0.1, 0.15) is 29.2 Å². The molecule has 5 heterocycles. The van der Waals surface area contributed by atoms with Gasteiger partial charge in [-0.2, -0.15) is 5.10 Å². The molecule has 2 atom stereocenters. The van der Waals surface area contributed by atoms with Gasteiger partial charge in [0.2, 0.25) is 5.95 Å². The van der Waals surface area contributed by atoms with E-state index in [1.807, 2.05) is 19.2 Å². The summed E-state index contributed by atoms with van der Waals surface area (Å²) in [6.07, 6.45) is 8.48. The number of nitrogens with zero attached hydrogens (tertiary/aromatic N) is 8. The van der Waals surface area contributed by atoms with Crippen LogP contribution in [0.25, 0.3) is 22.3 Å². The Bertz CT molecular complexity index is 1610. The van der Waals surface area contributed by atoms with Crippen LogP contribution < -0.4 is 9.80 Å². The number of nitrogens with one attached hydrogen (secondary N) is 1. The summed E-state index contributed by atoms with van der Waals surface area (Å²) in [5.41, 5.74) is 2.30. The van der Waals surface area contributed by atoms with Gasteiger partial charge in [-0.1, -0.05) is 12.1 Å². The molecule has 6 rings (SSSR count). The lowest BCUT2D eigenvalue weighted by atomic mass is 9.90. The predicted molar refractivity (Wildman–Crippen MR) is 148 cm³/mol. The van der Waals surface area contributed by atoms with E-state index in [2.05, 4.69) is 39.8 Å². The van der Waals surface area contributed by atoms with Gasteiger partial charge in [0.25, 0.3) is 0 Å². The maximum Gasteiger partial charge on any atom is 0.225 e. The molecule has 3 N–H and O–H groups in total. The Kier molecular flexibility index (Phi) is 6.64. The summed E-state index contributed by atoms with van der Waals surface area (Å²) in [6.45, 7) is 6.40. The molecule has 0 bridgehead atoms. The number of hydrogen-bond donors (Lipinski definition) is 3. The number of rotatable bonds is 7. The first-order valence-electron chi connectivity index (χ1n) is 13.1. The summed E-state index contributed by atoms with van der Waals surface area (Å²) < 4.78 is 15.1. The minimum absolute atomic E-state index is 0.0153. The largest absolute Gasteiger partial charge is 0.394 e. The molecule has 0 unspecified atom stereocenters. The first kappa shape index (κ1) is 25.8. The molecule has 11 nitrogen and oxygen atoms in total. The third kappa shape index (κ3) is 4.75.